The highest BCUT2D eigenvalue weighted by atomic mass is 32.1. The summed E-state index contributed by atoms with van der Waals surface area (Å²) < 4.78 is 45.0. The van der Waals surface area contributed by atoms with Gasteiger partial charge in [0.2, 0.25) is 0 Å². The highest BCUT2D eigenvalue weighted by Gasteiger charge is 2.49. The lowest BCUT2D eigenvalue weighted by Crippen LogP contribution is -2.46. The van der Waals surface area contributed by atoms with Gasteiger partial charge in [0.25, 0.3) is 0 Å². The summed E-state index contributed by atoms with van der Waals surface area (Å²) in [6, 6.07) is 9.90. The molecule has 3 fully saturated rings. The lowest BCUT2D eigenvalue weighted by molar-refractivity contribution is -0.126. The van der Waals surface area contributed by atoms with E-state index < -0.39 is 12.6 Å². The van der Waals surface area contributed by atoms with Gasteiger partial charge in [0.1, 0.15) is 28.8 Å². The minimum Gasteiger partial charge on any atom is -0.492 e. The zero-order chi connectivity index (χ0) is 27.9. The van der Waals surface area contributed by atoms with E-state index >= 15 is 0 Å². The number of nitrogens with zero attached hydrogens (tertiary/aromatic N) is 5. The average molecular weight is 571 g/mol. The number of fused-ring (bicyclic) bond motifs is 1. The maximum atomic E-state index is 12.9. The van der Waals surface area contributed by atoms with Crippen LogP contribution >= 0.6 is 11.3 Å². The van der Waals surface area contributed by atoms with Crippen molar-refractivity contribution in [1.82, 2.24) is 14.9 Å². The highest BCUT2D eigenvalue weighted by Crippen LogP contribution is 2.50. The van der Waals surface area contributed by atoms with Crippen molar-refractivity contribution in [3.05, 3.63) is 41.0 Å². The Kier molecular flexibility index (Phi) is 7.25. The molecule has 0 bridgehead atoms. The Morgan fingerprint density at radius 1 is 1.18 bits per heavy atom. The minimum atomic E-state index is -4.24. The van der Waals surface area contributed by atoms with Crippen molar-refractivity contribution in [3.8, 4) is 11.8 Å². The fraction of sp³-hybridized carbons (Fsp3) is 0.552. The number of anilines is 2. The Hall–Kier alpha value is -3.10. The van der Waals surface area contributed by atoms with Gasteiger partial charge in [0.15, 0.2) is 0 Å². The number of hydrogen-bond donors (Lipinski definition) is 1. The molecule has 0 radical (unpaired) electrons. The van der Waals surface area contributed by atoms with Crippen LogP contribution in [-0.4, -0.2) is 66.9 Å². The Morgan fingerprint density at radius 3 is 2.73 bits per heavy atom. The van der Waals surface area contributed by atoms with Gasteiger partial charge in [0, 0.05) is 35.8 Å². The Morgan fingerprint density at radius 2 is 1.98 bits per heavy atom. The summed E-state index contributed by atoms with van der Waals surface area (Å²) in [6.07, 6.45) is 1.53. The van der Waals surface area contributed by atoms with Gasteiger partial charge >= 0.3 is 6.18 Å². The number of likely N-dealkylation sites (tertiary alicyclic amines) is 1. The molecule has 11 heteroatoms. The second kappa shape index (κ2) is 10.7. The topological polar surface area (TPSA) is 77.3 Å². The quantitative estimate of drug-likeness (QED) is 0.381. The summed E-state index contributed by atoms with van der Waals surface area (Å²) >= 11 is 1.09. The molecule has 6 rings (SSSR count). The van der Waals surface area contributed by atoms with Crippen LogP contribution in [0.3, 0.4) is 0 Å². The van der Waals surface area contributed by atoms with E-state index in [2.05, 4.69) is 38.2 Å². The standard InChI is InChI=1S/C29H33F3N6OS/c1-37-7-4-19(5-8-37)16-39-25-10-21(3-2-20(25)15-33)36-22-12-28(13-22)6-9-38(17-28)26-24-11-23(14-29(30,31)32)40-27(24)35-18-34-26/h2-3,10-11,18-19,22,36H,4-9,12-14,16-17H2,1H3. The maximum absolute atomic E-state index is 12.9. The van der Waals surface area contributed by atoms with Crippen molar-refractivity contribution in [3.63, 3.8) is 0 Å². The number of benzene rings is 1. The van der Waals surface area contributed by atoms with E-state index in [9.17, 15) is 18.4 Å². The first-order chi connectivity index (χ1) is 19.2. The van der Waals surface area contributed by atoms with Crippen LogP contribution in [0.25, 0.3) is 10.2 Å². The molecular formula is C29H33F3N6OS. The van der Waals surface area contributed by atoms with Gasteiger partial charge in [0.05, 0.1) is 24.0 Å². The number of halogens is 3. The van der Waals surface area contributed by atoms with Crippen molar-refractivity contribution in [2.75, 3.05) is 50.1 Å². The van der Waals surface area contributed by atoms with Crippen LogP contribution in [0.2, 0.25) is 0 Å². The molecule has 2 saturated heterocycles. The normalized spacial score (nSPS) is 23.9. The molecule has 40 heavy (non-hydrogen) atoms. The Balaban J connectivity index is 1.06. The molecule has 1 spiro atoms. The van der Waals surface area contributed by atoms with Crippen molar-refractivity contribution in [2.24, 2.45) is 11.3 Å². The summed E-state index contributed by atoms with van der Waals surface area (Å²) in [5.41, 5.74) is 1.68. The number of nitriles is 1. The third-order valence-electron chi connectivity index (χ3n) is 8.62. The molecular weight excluding hydrogens is 537 g/mol. The van der Waals surface area contributed by atoms with E-state index in [0.29, 0.717) is 40.1 Å². The van der Waals surface area contributed by atoms with Gasteiger partial charge < -0.3 is 19.9 Å². The molecule has 212 valence electrons. The number of thiophene rings is 1. The van der Waals surface area contributed by atoms with Gasteiger partial charge in [-0.3, -0.25) is 0 Å². The fourth-order valence-corrected chi connectivity index (χ4v) is 7.48. The fourth-order valence-electron chi connectivity index (χ4n) is 6.46. The third kappa shape index (κ3) is 5.84. The van der Waals surface area contributed by atoms with Crippen molar-refractivity contribution < 1.29 is 17.9 Å². The first kappa shape index (κ1) is 27.1. The molecule has 0 atom stereocenters. The van der Waals surface area contributed by atoms with E-state index in [-0.39, 0.29) is 10.3 Å². The van der Waals surface area contributed by atoms with Crippen LogP contribution in [0.5, 0.6) is 5.75 Å². The van der Waals surface area contributed by atoms with Gasteiger partial charge in [-0.2, -0.15) is 18.4 Å². The van der Waals surface area contributed by atoms with Crippen LogP contribution in [0.4, 0.5) is 24.7 Å². The van der Waals surface area contributed by atoms with Gasteiger partial charge in [-0.25, -0.2) is 9.97 Å². The molecule has 1 N–H and O–H groups in total. The summed E-state index contributed by atoms with van der Waals surface area (Å²) in [4.78, 5) is 14.1. The first-order valence-electron chi connectivity index (χ1n) is 13.9. The number of alkyl halides is 3. The molecule has 3 aromatic rings. The van der Waals surface area contributed by atoms with E-state index in [1.165, 1.54) is 6.33 Å². The lowest BCUT2D eigenvalue weighted by atomic mass is 9.65. The summed E-state index contributed by atoms with van der Waals surface area (Å²) in [5, 5.41) is 13.9. The zero-order valence-corrected chi connectivity index (χ0v) is 23.3. The van der Waals surface area contributed by atoms with Crippen molar-refractivity contribution in [1.29, 1.82) is 5.26 Å². The van der Waals surface area contributed by atoms with E-state index in [4.69, 9.17) is 4.74 Å². The molecule has 4 heterocycles. The number of rotatable bonds is 7. The van der Waals surface area contributed by atoms with E-state index in [1.807, 2.05) is 18.2 Å². The Labute approximate surface area is 236 Å². The molecule has 2 aliphatic heterocycles. The highest BCUT2D eigenvalue weighted by molar-refractivity contribution is 7.18. The lowest BCUT2D eigenvalue weighted by Gasteiger charge is -2.46. The van der Waals surface area contributed by atoms with E-state index in [0.717, 1.165) is 81.1 Å². The van der Waals surface area contributed by atoms with E-state index in [1.54, 1.807) is 6.07 Å². The smallest absolute Gasteiger partial charge is 0.393 e. The third-order valence-corrected chi connectivity index (χ3v) is 9.66. The molecule has 7 nitrogen and oxygen atoms in total. The number of piperidine rings is 1. The largest absolute Gasteiger partial charge is 0.492 e. The van der Waals surface area contributed by atoms with Crippen LogP contribution < -0.4 is 15.0 Å². The van der Waals surface area contributed by atoms with Crippen LogP contribution in [0, 0.1) is 22.7 Å². The number of ether oxygens (including phenoxy) is 1. The number of nitrogens with one attached hydrogen (secondary N) is 1. The molecule has 1 aromatic carbocycles. The van der Waals surface area contributed by atoms with Gasteiger partial charge in [-0.15, -0.1) is 11.3 Å². The van der Waals surface area contributed by atoms with Crippen molar-refractivity contribution >= 4 is 33.1 Å². The second-order valence-electron chi connectivity index (χ2n) is 11.7. The molecule has 3 aliphatic rings. The van der Waals surface area contributed by atoms with Crippen LogP contribution in [-0.2, 0) is 6.42 Å². The Bertz CT molecular complexity index is 1400. The van der Waals surface area contributed by atoms with Crippen LogP contribution in [0.15, 0.2) is 30.6 Å². The summed E-state index contributed by atoms with van der Waals surface area (Å²) in [6.45, 7) is 4.45. The van der Waals surface area contributed by atoms with Gasteiger partial charge in [-0.05, 0) is 81.8 Å². The van der Waals surface area contributed by atoms with Crippen LogP contribution in [0.1, 0.15) is 42.5 Å². The van der Waals surface area contributed by atoms with Crippen molar-refractivity contribution in [2.45, 2.75) is 50.7 Å². The predicted octanol–water partition coefficient (Wildman–Crippen LogP) is 5.86. The second-order valence-corrected chi connectivity index (χ2v) is 12.8. The molecule has 0 unspecified atom stereocenters. The van der Waals surface area contributed by atoms with Gasteiger partial charge in [-0.1, -0.05) is 0 Å². The molecule has 0 amide bonds. The number of aromatic nitrogens is 2. The summed E-state index contributed by atoms with van der Waals surface area (Å²) in [5.74, 6) is 1.89. The predicted molar refractivity (Wildman–Crippen MR) is 150 cm³/mol. The monoisotopic (exact) mass is 570 g/mol. The SMILES string of the molecule is CN1CCC(COc2cc(NC3CC4(CCN(c5ncnc6sc(CC(F)(F)F)cc56)C4)C3)ccc2C#N)CC1. The zero-order valence-electron chi connectivity index (χ0n) is 22.5. The molecule has 1 aliphatic carbocycles. The maximum Gasteiger partial charge on any atom is 0.393 e. The number of hydrogen-bond acceptors (Lipinski definition) is 8. The average Bonchev–Trinajstić information content (AvgIpc) is 3.51. The summed E-state index contributed by atoms with van der Waals surface area (Å²) in [7, 11) is 2.14. The molecule has 1 saturated carbocycles. The first-order valence-corrected chi connectivity index (χ1v) is 14.7. The minimum absolute atomic E-state index is 0.166. The molecule has 2 aromatic heterocycles.